The molecule has 0 bridgehead atoms. The topological polar surface area (TPSA) is 58.6 Å². The highest BCUT2D eigenvalue weighted by Gasteiger charge is 2.25. The van der Waals surface area contributed by atoms with E-state index >= 15 is 0 Å². The van der Waals surface area contributed by atoms with Crippen molar-refractivity contribution in [3.8, 4) is 0 Å². The molecule has 2 aromatic carbocycles. The average Bonchev–Trinajstić information content (AvgIpc) is 2.69. The van der Waals surface area contributed by atoms with Gasteiger partial charge < -0.3 is 15.0 Å². The van der Waals surface area contributed by atoms with E-state index in [0.717, 1.165) is 10.0 Å². The number of halogens is 2. The first-order valence-electron chi connectivity index (χ1n) is 8.71. The number of nitrogens with one attached hydrogen (secondary N) is 1. The highest BCUT2D eigenvalue weighted by molar-refractivity contribution is 9.10. The van der Waals surface area contributed by atoms with Gasteiger partial charge in [-0.3, -0.25) is 9.59 Å². The smallest absolute Gasteiger partial charge is 0.251 e. The first-order valence-corrected chi connectivity index (χ1v) is 9.51. The molecule has 2 aromatic rings. The SMILES string of the molecule is O=C(NCCC(=O)N1CCOC(c2ccc(F)cc2)C1)c1ccc(Br)cc1. The van der Waals surface area contributed by atoms with E-state index < -0.39 is 0 Å². The molecule has 3 rings (SSSR count). The van der Waals surface area contributed by atoms with E-state index in [9.17, 15) is 14.0 Å². The first kappa shape index (κ1) is 19.5. The molecule has 2 amide bonds. The van der Waals surface area contributed by atoms with E-state index in [0.29, 0.717) is 25.3 Å². The Morgan fingerprint density at radius 1 is 1.15 bits per heavy atom. The minimum Gasteiger partial charge on any atom is -0.370 e. The van der Waals surface area contributed by atoms with E-state index in [-0.39, 0.29) is 36.7 Å². The van der Waals surface area contributed by atoms with Gasteiger partial charge in [-0.05, 0) is 42.0 Å². The van der Waals surface area contributed by atoms with Gasteiger partial charge in [0, 0.05) is 29.5 Å². The Morgan fingerprint density at radius 2 is 1.85 bits per heavy atom. The van der Waals surface area contributed by atoms with Crippen molar-refractivity contribution >= 4 is 27.7 Å². The van der Waals surface area contributed by atoms with Gasteiger partial charge in [0.05, 0.1) is 13.2 Å². The Bertz CT molecular complexity index is 796. The van der Waals surface area contributed by atoms with Gasteiger partial charge in [0.2, 0.25) is 5.91 Å². The fraction of sp³-hybridized carbons (Fsp3) is 0.300. The molecule has 0 aliphatic carbocycles. The quantitative estimate of drug-likeness (QED) is 0.784. The molecule has 1 atom stereocenters. The van der Waals surface area contributed by atoms with Crippen LogP contribution in [0, 0.1) is 5.82 Å². The monoisotopic (exact) mass is 434 g/mol. The third-order valence-corrected chi connectivity index (χ3v) is 4.92. The van der Waals surface area contributed by atoms with Crippen LogP contribution in [0.4, 0.5) is 4.39 Å². The molecule has 1 N–H and O–H groups in total. The van der Waals surface area contributed by atoms with Gasteiger partial charge in [-0.1, -0.05) is 28.1 Å². The van der Waals surface area contributed by atoms with Crippen molar-refractivity contribution in [3.05, 3.63) is 69.9 Å². The summed E-state index contributed by atoms with van der Waals surface area (Å²) in [7, 11) is 0. The molecule has 0 saturated carbocycles. The van der Waals surface area contributed by atoms with Gasteiger partial charge in [0.1, 0.15) is 11.9 Å². The fourth-order valence-electron chi connectivity index (χ4n) is 2.90. The number of ether oxygens (including phenoxy) is 1. The molecule has 0 spiro atoms. The zero-order valence-corrected chi connectivity index (χ0v) is 16.2. The first-order chi connectivity index (χ1) is 13.0. The van der Waals surface area contributed by atoms with Crippen LogP contribution in [-0.2, 0) is 9.53 Å². The Kier molecular flexibility index (Phi) is 6.58. The zero-order chi connectivity index (χ0) is 19.2. The number of rotatable bonds is 5. The maximum Gasteiger partial charge on any atom is 0.251 e. The van der Waals surface area contributed by atoms with Crippen molar-refractivity contribution in [2.24, 2.45) is 0 Å². The third-order valence-electron chi connectivity index (χ3n) is 4.39. The predicted octanol–water partition coefficient (Wildman–Crippen LogP) is 3.31. The molecule has 0 aromatic heterocycles. The summed E-state index contributed by atoms with van der Waals surface area (Å²) >= 11 is 3.32. The van der Waals surface area contributed by atoms with Crippen molar-refractivity contribution < 1.29 is 18.7 Å². The molecule has 1 aliphatic rings. The van der Waals surface area contributed by atoms with Crippen LogP contribution in [0.5, 0.6) is 0 Å². The van der Waals surface area contributed by atoms with Gasteiger partial charge in [-0.15, -0.1) is 0 Å². The molecule has 1 unspecified atom stereocenters. The molecule has 27 heavy (non-hydrogen) atoms. The van der Waals surface area contributed by atoms with Crippen LogP contribution in [0.25, 0.3) is 0 Å². The Labute approximate surface area is 165 Å². The van der Waals surface area contributed by atoms with E-state index in [1.807, 2.05) is 0 Å². The summed E-state index contributed by atoms with van der Waals surface area (Å²) in [6, 6.07) is 13.1. The molecule has 1 fully saturated rings. The number of nitrogens with zero attached hydrogens (tertiary/aromatic N) is 1. The van der Waals surface area contributed by atoms with Crippen LogP contribution in [0.15, 0.2) is 53.0 Å². The van der Waals surface area contributed by atoms with Crippen LogP contribution in [0.3, 0.4) is 0 Å². The van der Waals surface area contributed by atoms with Crippen molar-refractivity contribution in [1.82, 2.24) is 10.2 Å². The number of carbonyl (C=O) groups excluding carboxylic acids is 2. The van der Waals surface area contributed by atoms with Gasteiger partial charge in [-0.2, -0.15) is 0 Å². The molecule has 0 radical (unpaired) electrons. The normalized spacial score (nSPS) is 16.8. The van der Waals surface area contributed by atoms with Crippen LogP contribution < -0.4 is 5.32 Å². The van der Waals surface area contributed by atoms with Crippen LogP contribution in [0.2, 0.25) is 0 Å². The minimum absolute atomic E-state index is 0.0403. The molecular weight excluding hydrogens is 415 g/mol. The molecule has 1 saturated heterocycles. The van der Waals surface area contributed by atoms with Gasteiger partial charge in [-0.25, -0.2) is 4.39 Å². The van der Waals surface area contributed by atoms with Crippen LogP contribution in [0.1, 0.15) is 28.4 Å². The number of amides is 2. The van der Waals surface area contributed by atoms with Crippen LogP contribution >= 0.6 is 15.9 Å². The zero-order valence-electron chi connectivity index (χ0n) is 14.7. The van der Waals surface area contributed by atoms with Gasteiger partial charge in [0.15, 0.2) is 0 Å². The second-order valence-corrected chi connectivity index (χ2v) is 7.18. The summed E-state index contributed by atoms with van der Waals surface area (Å²) < 4.78 is 19.7. The Morgan fingerprint density at radius 3 is 2.56 bits per heavy atom. The lowest BCUT2D eigenvalue weighted by molar-refractivity contribution is -0.138. The standard InChI is InChI=1S/C20H20BrFN2O3/c21-16-5-1-15(2-6-16)20(26)23-10-9-19(25)24-11-12-27-18(13-24)14-3-7-17(22)8-4-14/h1-8,18H,9-13H2,(H,23,26). The summed E-state index contributed by atoms with van der Waals surface area (Å²) in [6.07, 6.45) is -0.0426. The number of morpholine rings is 1. The Balaban J connectivity index is 1.48. The number of benzene rings is 2. The Hall–Kier alpha value is -2.25. The molecule has 7 heteroatoms. The van der Waals surface area contributed by atoms with Crippen molar-refractivity contribution in [2.75, 3.05) is 26.2 Å². The van der Waals surface area contributed by atoms with E-state index in [4.69, 9.17) is 4.74 Å². The lowest BCUT2D eigenvalue weighted by Gasteiger charge is -2.33. The predicted molar refractivity (Wildman–Crippen MR) is 103 cm³/mol. The second-order valence-electron chi connectivity index (χ2n) is 6.26. The number of hydrogen-bond donors (Lipinski definition) is 1. The molecule has 5 nitrogen and oxygen atoms in total. The second kappa shape index (κ2) is 9.10. The maximum absolute atomic E-state index is 13.1. The van der Waals surface area contributed by atoms with Gasteiger partial charge in [0.25, 0.3) is 5.91 Å². The highest BCUT2D eigenvalue weighted by atomic mass is 79.9. The third kappa shape index (κ3) is 5.37. The van der Waals surface area contributed by atoms with E-state index in [2.05, 4.69) is 21.2 Å². The lowest BCUT2D eigenvalue weighted by atomic mass is 10.1. The summed E-state index contributed by atoms with van der Waals surface area (Å²) in [6.45, 7) is 1.63. The average molecular weight is 435 g/mol. The van der Waals surface area contributed by atoms with Crippen molar-refractivity contribution in [1.29, 1.82) is 0 Å². The summed E-state index contributed by atoms with van der Waals surface area (Å²) in [5.74, 6) is -0.549. The molecule has 1 aliphatic heterocycles. The van der Waals surface area contributed by atoms with Crippen molar-refractivity contribution in [3.63, 3.8) is 0 Å². The maximum atomic E-state index is 13.1. The van der Waals surface area contributed by atoms with E-state index in [1.54, 1.807) is 41.3 Å². The fourth-order valence-corrected chi connectivity index (χ4v) is 3.16. The molecule has 142 valence electrons. The number of hydrogen-bond acceptors (Lipinski definition) is 3. The molecule has 1 heterocycles. The molecular formula is C20H20BrFN2O3. The lowest BCUT2D eigenvalue weighted by Crippen LogP contribution is -2.43. The largest absolute Gasteiger partial charge is 0.370 e. The van der Waals surface area contributed by atoms with Crippen LogP contribution in [-0.4, -0.2) is 43.0 Å². The number of carbonyl (C=O) groups is 2. The summed E-state index contributed by atoms with van der Waals surface area (Å²) in [5.41, 5.74) is 1.39. The van der Waals surface area contributed by atoms with E-state index in [1.165, 1.54) is 12.1 Å². The highest BCUT2D eigenvalue weighted by Crippen LogP contribution is 2.22. The van der Waals surface area contributed by atoms with Gasteiger partial charge >= 0.3 is 0 Å². The van der Waals surface area contributed by atoms with Crippen molar-refractivity contribution in [2.45, 2.75) is 12.5 Å². The minimum atomic E-state index is -0.302. The summed E-state index contributed by atoms with van der Waals surface area (Å²) in [4.78, 5) is 26.2. The summed E-state index contributed by atoms with van der Waals surface area (Å²) in [5, 5.41) is 2.76.